The van der Waals surface area contributed by atoms with Crippen LogP contribution in [0, 0.1) is 10.1 Å². The van der Waals surface area contributed by atoms with Crippen molar-refractivity contribution in [2.24, 2.45) is 0 Å². The number of nitrogens with one attached hydrogen (secondary N) is 1. The Hall–Kier alpha value is -2.37. The number of nitrogens with zero attached hydrogens (tertiary/aromatic N) is 1. The fourth-order valence-corrected chi connectivity index (χ4v) is 1.58. The molecule has 1 aromatic rings. The van der Waals surface area contributed by atoms with E-state index in [1.54, 1.807) is 51.1 Å². The van der Waals surface area contributed by atoms with Crippen molar-refractivity contribution in [3.05, 3.63) is 46.0 Å². The van der Waals surface area contributed by atoms with Crippen LogP contribution in [0.1, 0.15) is 32.8 Å². The first-order chi connectivity index (χ1) is 9.79. The Morgan fingerprint density at radius 3 is 2.67 bits per heavy atom. The van der Waals surface area contributed by atoms with Crippen LogP contribution in [-0.2, 0) is 4.74 Å². The molecule has 21 heavy (non-hydrogen) atoms. The molecule has 0 unspecified atom stereocenters. The number of ether oxygens (including phenoxy) is 1. The van der Waals surface area contributed by atoms with Crippen LogP contribution in [0.4, 0.5) is 10.5 Å². The number of carbonyl (C=O) groups is 1. The number of para-hydroxylation sites is 1. The Morgan fingerprint density at radius 2 is 2.05 bits per heavy atom. The topological polar surface area (TPSA) is 81.5 Å². The zero-order valence-corrected chi connectivity index (χ0v) is 12.5. The van der Waals surface area contributed by atoms with Gasteiger partial charge in [-0.15, -0.1) is 0 Å². The molecule has 0 aliphatic heterocycles. The van der Waals surface area contributed by atoms with Gasteiger partial charge in [0, 0.05) is 12.6 Å². The number of carbonyl (C=O) groups excluding carboxylic acids is 1. The second kappa shape index (κ2) is 7.42. The van der Waals surface area contributed by atoms with E-state index >= 15 is 0 Å². The molecule has 1 amide bonds. The number of benzene rings is 1. The predicted molar refractivity (Wildman–Crippen MR) is 81.0 cm³/mol. The maximum atomic E-state index is 11.4. The lowest BCUT2D eigenvalue weighted by molar-refractivity contribution is -0.385. The molecule has 6 nitrogen and oxygen atoms in total. The highest BCUT2D eigenvalue weighted by Crippen LogP contribution is 2.18. The Morgan fingerprint density at radius 1 is 1.38 bits per heavy atom. The van der Waals surface area contributed by atoms with E-state index in [4.69, 9.17) is 4.74 Å². The first-order valence-corrected chi connectivity index (χ1v) is 6.66. The summed E-state index contributed by atoms with van der Waals surface area (Å²) in [5.74, 6) is 0. The van der Waals surface area contributed by atoms with Gasteiger partial charge in [-0.25, -0.2) is 4.79 Å². The smallest absolute Gasteiger partial charge is 0.407 e. The van der Waals surface area contributed by atoms with Crippen molar-refractivity contribution in [1.82, 2.24) is 5.32 Å². The maximum absolute atomic E-state index is 11.4. The zero-order chi connectivity index (χ0) is 15.9. The maximum Gasteiger partial charge on any atom is 0.407 e. The molecule has 1 aromatic carbocycles. The van der Waals surface area contributed by atoms with E-state index in [1.165, 1.54) is 6.07 Å². The molecule has 0 aliphatic rings. The normalized spacial score (nSPS) is 11.4. The van der Waals surface area contributed by atoms with E-state index in [2.05, 4.69) is 5.32 Å². The molecule has 0 spiro atoms. The van der Waals surface area contributed by atoms with E-state index in [0.717, 1.165) is 0 Å². The Balaban J connectivity index is 2.43. The lowest BCUT2D eigenvalue weighted by Gasteiger charge is -2.19. The largest absolute Gasteiger partial charge is 0.444 e. The number of hydrogen-bond acceptors (Lipinski definition) is 4. The van der Waals surface area contributed by atoms with Crippen molar-refractivity contribution >= 4 is 17.9 Å². The van der Waals surface area contributed by atoms with Gasteiger partial charge < -0.3 is 10.1 Å². The van der Waals surface area contributed by atoms with Gasteiger partial charge in [0.1, 0.15) is 5.60 Å². The third-order valence-electron chi connectivity index (χ3n) is 2.41. The van der Waals surface area contributed by atoms with Crippen LogP contribution < -0.4 is 5.32 Å². The van der Waals surface area contributed by atoms with Gasteiger partial charge in [-0.05, 0) is 33.3 Å². The van der Waals surface area contributed by atoms with Crippen molar-refractivity contribution in [2.45, 2.75) is 32.8 Å². The van der Waals surface area contributed by atoms with Crippen LogP contribution in [0.15, 0.2) is 30.3 Å². The zero-order valence-electron chi connectivity index (χ0n) is 12.5. The van der Waals surface area contributed by atoms with Crippen molar-refractivity contribution < 1.29 is 14.5 Å². The molecule has 0 aromatic heterocycles. The molecule has 6 heteroatoms. The SMILES string of the molecule is CC(C)(C)OC(=O)NCCC=Cc1ccccc1[N+](=O)[O-]. The summed E-state index contributed by atoms with van der Waals surface area (Å²) in [7, 11) is 0. The fraction of sp³-hybridized carbons (Fsp3) is 0.400. The molecule has 0 radical (unpaired) electrons. The highest BCUT2D eigenvalue weighted by atomic mass is 16.6. The lowest BCUT2D eigenvalue weighted by Crippen LogP contribution is -2.32. The van der Waals surface area contributed by atoms with E-state index in [-0.39, 0.29) is 5.69 Å². The van der Waals surface area contributed by atoms with Gasteiger partial charge in [0.25, 0.3) is 5.69 Å². The first-order valence-electron chi connectivity index (χ1n) is 6.66. The van der Waals surface area contributed by atoms with E-state index in [1.807, 2.05) is 0 Å². The highest BCUT2D eigenvalue weighted by molar-refractivity contribution is 5.67. The third-order valence-corrected chi connectivity index (χ3v) is 2.41. The minimum absolute atomic E-state index is 0.0638. The van der Waals surface area contributed by atoms with Crippen molar-refractivity contribution in [1.29, 1.82) is 0 Å². The second-order valence-corrected chi connectivity index (χ2v) is 5.44. The Bertz CT molecular complexity index is 533. The van der Waals surface area contributed by atoms with Gasteiger partial charge in [0.15, 0.2) is 0 Å². The Labute approximate surface area is 124 Å². The molecule has 1 N–H and O–H groups in total. The summed E-state index contributed by atoms with van der Waals surface area (Å²) in [5.41, 5.74) is 0.0820. The van der Waals surface area contributed by atoms with Crippen LogP contribution in [0.5, 0.6) is 0 Å². The van der Waals surface area contributed by atoms with E-state index in [0.29, 0.717) is 18.5 Å². The van der Waals surface area contributed by atoms with Gasteiger partial charge in [0.2, 0.25) is 0 Å². The monoisotopic (exact) mass is 292 g/mol. The average molecular weight is 292 g/mol. The van der Waals surface area contributed by atoms with E-state index in [9.17, 15) is 14.9 Å². The molecule has 1 rings (SSSR count). The van der Waals surface area contributed by atoms with Crippen LogP contribution in [0.2, 0.25) is 0 Å². The molecule has 0 aliphatic carbocycles. The molecular formula is C15H20N2O4. The van der Waals surface area contributed by atoms with Gasteiger partial charge in [-0.3, -0.25) is 10.1 Å². The minimum Gasteiger partial charge on any atom is -0.444 e. The van der Waals surface area contributed by atoms with Crippen LogP contribution in [0.25, 0.3) is 6.08 Å². The van der Waals surface area contributed by atoms with Crippen LogP contribution >= 0.6 is 0 Å². The summed E-state index contributed by atoms with van der Waals surface area (Å²) < 4.78 is 5.09. The van der Waals surface area contributed by atoms with Gasteiger partial charge in [-0.1, -0.05) is 24.3 Å². The van der Waals surface area contributed by atoms with Crippen LogP contribution in [0.3, 0.4) is 0 Å². The molecule has 0 atom stereocenters. The number of alkyl carbamates (subject to hydrolysis) is 1. The molecule has 0 heterocycles. The summed E-state index contributed by atoms with van der Waals surface area (Å²) >= 11 is 0. The summed E-state index contributed by atoms with van der Waals surface area (Å²) in [6.07, 6.45) is 3.54. The molecule has 0 saturated carbocycles. The number of amides is 1. The summed E-state index contributed by atoms with van der Waals surface area (Å²) in [5, 5.41) is 13.4. The summed E-state index contributed by atoms with van der Waals surface area (Å²) in [6.45, 7) is 5.79. The molecule has 0 fully saturated rings. The summed E-state index contributed by atoms with van der Waals surface area (Å²) in [4.78, 5) is 21.8. The summed E-state index contributed by atoms with van der Waals surface area (Å²) in [6, 6.07) is 6.50. The molecule has 114 valence electrons. The number of nitro groups is 1. The standard InChI is InChI=1S/C15H20N2O4/c1-15(2,3)21-14(18)16-11-7-6-9-12-8-4-5-10-13(12)17(19)20/h4-6,8-10H,7,11H2,1-3H3,(H,16,18). The molecule has 0 saturated heterocycles. The number of hydrogen-bond donors (Lipinski definition) is 1. The average Bonchev–Trinajstić information content (AvgIpc) is 2.36. The van der Waals surface area contributed by atoms with E-state index < -0.39 is 16.6 Å². The fourth-order valence-electron chi connectivity index (χ4n) is 1.58. The first kappa shape index (κ1) is 16.7. The van der Waals surface area contributed by atoms with Crippen LogP contribution in [-0.4, -0.2) is 23.2 Å². The Kier molecular flexibility index (Phi) is 5.90. The van der Waals surface area contributed by atoms with Crippen molar-refractivity contribution in [3.63, 3.8) is 0 Å². The second-order valence-electron chi connectivity index (χ2n) is 5.44. The van der Waals surface area contributed by atoms with Gasteiger partial charge in [-0.2, -0.15) is 0 Å². The van der Waals surface area contributed by atoms with Gasteiger partial charge in [0.05, 0.1) is 10.5 Å². The lowest BCUT2D eigenvalue weighted by atomic mass is 10.1. The highest BCUT2D eigenvalue weighted by Gasteiger charge is 2.15. The predicted octanol–water partition coefficient (Wildman–Crippen LogP) is 3.52. The third kappa shape index (κ3) is 6.56. The molecular weight excluding hydrogens is 272 g/mol. The number of rotatable bonds is 5. The van der Waals surface area contributed by atoms with Gasteiger partial charge >= 0.3 is 6.09 Å². The quantitative estimate of drug-likeness (QED) is 0.511. The van der Waals surface area contributed by atoms with Crippen molar-refractivity contribution in [3.8, 4) is 0 Å². The number of nitro benzene ring substituents is 1. The molecule has 0 bridgehead atoms. The van der Waals surface area contributed by atoms with Crippen molar-refractivity contribution in [2.75, 3.05) is 6.54 Å². The minimum atomic E-state index is -0.523.